The predicted octanol–water partition coefficient (Wildman–Crippen LogP) is 4.73. The Balaban J connectivity index is 2.03. The van der Waals surface area contributed by atoms with Gasteiger partial charge < -0.3 is 4.74 Å². The van der Waals surface area contributed by atoms with Gasteiger partial charge in [-0.3, -0.25) is 20.4 Å². The Hall–Kier alpha value is -2.09. The molecule has 0 bridgehead atoms. The maximum atomic E-state index is 12.2. The van der Waals surface area contributed by atoms with Crippen LogP contribution in [-0.2, 0) is 15.6 Å². The fraction of sp³-hybridized carbons (Fsp3) is 0.391. The highest BCUT2D eigenvalue weighted by Crippen LogP contribution is 2.35. The van der Waals surface area contributed by atoms with Gasteiger partial charge >= 0.3 is 0 Å². The standard InChI is InChI=1S/C23H29IN2O3/c1-22(2,3)15-11-12-19(17(13-15)23(4,5)6)29-14-20(27)25-26-21(28)16-9-7-8-10-18(16)24/h7-13H,14H2,1-6H3,(H,25,27)(H,26,28). The first kappa shape index (κ1) is 23.2. The van der Waals surface area contributed by atoms with Gasteiger partial charge in [0.1, 0.15) is 5.75 Å². The van der Waals surface area contributed by atoms with Crippen LogP contribution in [-0.4, -0.2) is 18.4 Å². The molecule has 2 amide bonds. The number of carbonyl (C=O) groups excluding carboxylic acids is 2. The summed E-state index contributed by atoms with van der Waals surface area (Å²) < 4.78 is 6.60. The molecule has 2 aromatic rings. The van der Waals surface area contributed by atoms with E-state index >= 15 is 0 Å². The molecule has 0 unspecified atom stereocenters. The zero-order valence-electron chi connectivity index (χ0n) is 17.9. The molecule has 0 atom stereocenters. The van der Waals surface area contributed by atoms with Gasteiger partial charge in [-0.25, -0.2) is 0 Å². The predicted molar refractivity (Wildman–Crippen MR) is 124 cm³/mol. The minimum Gasteiger partial charge on any atom is -0.483 e. The Labute approximate surface area is 186 Å². The molecule has 0 saturated heterocycles. The summed E-state index contributed by atoms with van der Waals surface area (Å²) in [5, 5.41) is 0. The number of hydrogen-bond donors (Lipinski definition) is 2. The van der Waals surface area contributed by atoms with Crippen LogP contribution in [0, 0.1) is 3.57 Å². The van der Waals surface area contributed by atoms with Crippen molar-refractivity contribution in [2.45, 2.75) is 52.4 Å². The molecule has 0 saturated carbocycles. The summed E-state index contributed by atoms with van der Waals surface area (Å²) in [5.74, 6) is -0.123. The van der Waals surface area contributed by atoms with Crippen LogP contribution in [0.3, 0.4) is 0 Å². The van der Waals surface area contributed by atoms with Crippen molar-refractivity contribution < 1.29 is 14.3 Å². The molecule has 29 heavy (non-hydrogen) atoms. The molecule has 156 valence electrons. The van der Waals surface area contributed by atoms with Crippen LogP contribution in [0.5, 0.6) is 5.75 Å². The molecule has 5 nitrogen and oxygen atoms in total. The number of rotatable bonds is 4. The Morgan fingerprint density at radius 3 is 2.17 bits per heavy atom. The Morgan fingerprint density at radius 1 is 0.931 bits per heavy atom. The second-order valence-electron chi connectivity index (χ2n) is 8.98. The zero-order valence-corrected chi connectivity index (χ0v) is 20.0. The van der Waals surface area contributed by atoms with E-state index in [2.05, 4.69) is 81.1 Å². The highest BCUT2D eigenvalue weighted by molar-refractivity contribution is 14.1. The normalized spacial score (nSPS) is 11.7. The van der Waals surface area contributed by atoms with Crippen molar-refractivity contribution in [2.75, 3.05) is 6.61 Å². The fourth-order valence-corrected chi connectivity index (χ4v) is 3.36. The minimum absolute atomic E-state index is 0.0230. The molecular formula is C23H29IN2O3. The van der Waals surface area contributed by atoms with Gasteiger partial charge in [0.05, 0.1) is 5.56 Å². The van der Waals surface area contributed by atoms with Gasteiger partial charge in [0.2, 0.25) is 0 Å². The van der Waals surface area contributed by atoms with Crippen LogP contribution >= 0.6 is 22.6 Å². The molecule has 2 N–H and O–H groups in total. The van der Waals surface area contributed by atoms with Crippen molar-refractivity contribution in [3.05, 3.63) is 62.7 Å². The zero-order chi connectivity index (χ0) is 21.8. The van der Waals surface area contributed by atoms with E-state index in [0.29, 0.717) is 11.3 Å². The number of benzene rings is 2. The molecule has 0 fully saturated rings. The minimum atomic E-state index is -0.427. The monoisotopic (exact) mass is 508 g/mol. The van der Waals surface area contributed by atoms with Crippen LogP contribution in [0.15, 0.2) is 42.5 Å². The average molecular weight is 508 g/mol. The summed E-state index contributed by atoms with van der Waals surface area (Å²) in [6, 6.07) is 13.2. The summed E-state index contributed by atoms with van der Waals surface area (Å²) in [4.78, 5) is 24.4. The van der Waals surface area contributed by atoms with Crippen LogP contribution in [0.2, 0.25) is 0 Å². The molecular weight excluding hydrogens is 479 g/mol. The van der Waals surface area contributed by atoms with Gasteiger partial charge in [-0.15, -0.1) is 0 Å². The summed E-state index contributed by atoms with van der Waals surface area (Å²) in [7, 11) is 0. The second-order valence-corrected chi connectivity index (χ2v) is 10.1. The molecule has 0 aliphatic carbocycles. The third kappa shape index (κ3) is 6.45. The van der Waals surface area contributed by atoms with Gasteiger partial charge in [-0.2, -0.15) is 0 Å². The summed E-state index contributed by atoms with van der Waals surface area (Å²) in [5.41, 5.74) is 7.48. The van der Waals surface area contributed by atoms with Crippen molar-refractivity contribution in [1.29, 1.82) is 0 Å². The van der Waals surface area contributed by atoms with Gasteiger partial charge in [0, 0.05) is 3.57 Å². The Bertz CT molecular complexity index is 896. The van der Waals surface area contributed by atoms with Crippen molar-refractivity contribution in [3.8, 4) is 5.75 Å². The van der Waals surface area contributed by atoms with Crippen molar-refractivity contribution in [3.63, 3.8) is 0 Å². The largest absolute Gasteiger partial charge is 0.483 e. The van der Waals surface area contributed by atoms with Gasteiger partial charge in [-0.1, -0.05) is 65.8 Å². The van der Waals surface area contributed by atoms with E-state index in [0.717, 1.165) is 9.13 Å². The fourth-order valence-electron chi connectivity index (χ4n) is 2.73. The molecule has 0 heterocycles. The SMILES string of the molecule is CC(C)(C)c1ccc(OCC(=O)NNC(=O)c2ccccc2I)c(C(C)(C)C)c1. The first-order valence-electron chi connectivity index (χ1n) is 9.51. The highest BCUT2D eigenvalue weighted by Gasteiger charge is 2.23. The molecule has 0 aliphatic heterocycles. The smallest absolute Gasteiger partial charge is 0.276 e. The maximum Gasteiger partial charge on any atom is 0.276 e. The first-order chi connectivity index (χ1) is 13.4. The summed E-state index contributed by atoms with van der Waals surface area (Å²) in [6.07, 6.45) is 0. The third-order valence-corrected chi connectivity index (χ3v) is 5.39. The second kappa shape index (κ2) is 9.15. The van der Waals surface area contributed by atoms with Crippen LogP contribution in [0.4, 0.5) is 0 Å². The van der Waals surface area contributed by atoms with Crippen LogP contribution in [0.25, 0.3) is 0 Å². The lowest BCUT2D eigenvalue weighted by Gasteiger charge is -2.27. The maximum absolute atomic E-state index is 12.2. The lowest BCUT2D eigenvalue weighted by atomic mass is 9.80. The number of nitrogens with one attached hydrogen (secondary N) is 2. The van der Waals surface area contributed by atoms with Crippen molar-refractivity contribution in [1.82, 2.24) is 10.9 Å². The van der Waals surface area contributed by atoms with E-state index in [1.54, 1.807) is 12.1 Å². The van der Waals surface area contributed by atoms with Crippen molar-refractivity contribution >= 4 is 34.4 Å². The van der Waals surface area contributed by atoms with E-state index in [4.69, 9.17) is 4.74 Å². The van der Waals surface area contributed by atoms with Crippen LogP contribution < -0.4 is 15.6 Å². The third-order valence-electron chi connectivity index (χ3n) is 4.45. The molecule has 0 aromatic heterocycles. The lowest BCUT2D eigenvalue weighted by molar-refractivity contribution is -0.123. The number of amides is 2. The molecule has 0 radical (unpaired) electrons. The van der Waals surface area contributed by atoms with E-state index in [-0.39, 0.29) is 23.3 Å². The number of hydrogen-bond acceptors (Lipinski definition) is 3. The van der Waals surface area contributed by atoms with Crippen LogP contribution in [0.1, 0.15) is 63.0 Å². The Kier molecular flexibility index (Phi) is 7.32. The van der Waals surface area contributed by atoms with Gasteiger partial charge in [0.25, 0.3) is 11.8 Å². The van der Waals surface area contributed by atoms with Gasteiger partial charge in [0.15, 0.2) is 6.61 Å². The van der Waals surface area contributed by atoms with E-state index < -0.39 is 5.91 Å². The quantitative estimate of drug-likeness (QED) is 0.464. The lowest BCUT2D eigenvalue weighted by Crippen LogP contribution is -2.44. The van der Waals surface area contributed by atoms with E-state index in [1.807, 2.05) is 24.3 Å². The first-order valence-corrected chi connectivity index (χ1v) is 10.6. The Morgan fingerprint density at radius 2 is 1.59 bits per heavy atom. The molecule has 6 heteroatoms. The highest BCUT2D eigenvalue weighted by atomic mass is 127. The molecule has 2 aromatic carbocycles. The van der Waals surface area contributed by atoms with Crippen molar-refractivity contribution in [2.24, 2.45) is 0 Å². The molecule has 0 spiro atoms. The number of hydrazine groups is 1. The molecule has 0 aliphatic rings. The molecule has 2 rings (SSSR count). The topological polar surface area (TPSA) is 67.4 Å². The van der Waals surface area contributed by atoms with Gasteiger partial charge in [-0.05, 0) is 62.7 Å². The average Bonchev–Trinajstić information content (AvgIpc) is 2.63. The summed E-state index contributed by atoms with van der Waals surface area (Å²) >= 11 is 2.08. The van der Waals surface area contributed by atoms with E-state index in [9.17, 15) is 9.59 Å². The number of halogens is 1. The van der Waals surface area contributed by atoms with E-state index in [1.165, 1.54) is 5.56 Å². The number of ether oxygens (including phenoxy) is 1. The number of carbonyl (C=O) groups is 2. The summed E-state index contributed by atoms with van der Waals surface area (Å²) in [6.45, 7) is 12.7.